The molecular weight excluding hydrogens is 292 g/mol. The second kappa shape index (κ2) is 6.22. The highest BCUT2D eigenvalue weighted by Gasteiger charge is 2.24. The molecule has 1 heterocycles. The van der Waals surface area contributed by atoms with Gasteiger partial charge in [0.25, 0.3) is 0 Å². The first-order chi connectivity index (χ1) is 9.38. The summed E-state index contributed by atoms with van der Waals surface area (Å²) < 4.78 is 0. The fraction of sp³-hybridized carbons (Fsp3) is 0.400. The maximum atomic E-state index is 10.2. The third-order valence-electron chi connectivity index (χ3n) is 3.12. The highest BCUT2D eigenvalue weighted by Crippen LogP contribution is 2.25. The number of aliphatic hydroxyl groups excluding tert-OH is 1. The Morgan fingerprint density at radius 1 is 1.45 bits per heavy atom. The average molecular weight is 311 g/mol. The zero-order chi connectivity index (χ0) is 14.8. The summed E-state index contributed by atoms with van der Waals surface area (Å²) in [5, 5.41) is 17.3. The number of aliphatic hydroxyl groups is 1. The molecule has 5 heteroatoms. The Bertz CT molecular complexity index is 583. The smallest absolute Gasteiger partial charge is 0.112 e. The zero-order valence-electron chi connectivity index (χ0n) is 11.9. The highest BCUT2D eigenvalue weighted by atomic mass is 35.5. The Labute approximate surface area is 128 Å². The molecule has 1 unspecified atom stereocenters. The van der Waals surface area contributed by atoms with E-state index in [-0.39, 0.29) is 5.54 Å². The molecule has 0 saturated carbocycles. The molecule has 0 aliphatic heterocycles. The summed E-state index contributed by atoms with van der Waals surface area (Å²) in [7, 11) is 0. The van der Waals surface area contributed by atoms with Crippen LogP contribution in [0.1, 0.15) is 36.2 Å². The summed E-state index contributed by atoms with van der Waals surface area (Å²) >= 11 is 7.57. The Hall–Kier alpha value is -0.940. The first-order valence-corrected chi connectivity index (χ1v) is 7.75. The molecule has 0 spiro atoms. The van der Waals surface area contributed by atoms with E-state index in [2.05, 4.69) is 24.1 Å². The van der Waals surface area contributed by atoms with Crippen LogP contribution in [0.4, 0.5) is 0 Å². The molecule has 1 aromatic heterocycles. The molecule has 20 heavy (non-hydrogen) atoms. The number of thiazole rings is 1. The van der Waals surface area contributed by atoms with E-state index in [0.29, 0.717) is 11.6 Å². The molecule has 0 amide bonds. The summed E-state index contributed by atoms with van der Waals surface area (Å²) in [6.07, 6.45) is -0.589. The van der Waals surface area contributed by atoms with E-state index in [1.165, 1.54) is 0 Å². The zero-order valence-corrected chi connectivity index (χ0v) is 13.4. The third-order valence-corrected chi connectivity index (χ3v) is 4.64. The average Bonchev–Trinajstić information content (AvgIpc) is 2.83. The van der Waals surface area contributed by atoms with E-state index in [0.717, 1.165) is 16.3 Å². The molecule has 0 radical (unpaired) electrons. The Morgan fingerprint density at radius 2 is 2.20 bits per heavy atom. The normalized spacial score (nSPS) is 13.4. The van der Waals surface area contributed by atoms with Gasteiger partial charge in [-0.1, -0.05) is 23.7 Å². The quantitative estimate of drug-likeness (QED) is 0.886. The van der Waals surface area contributed by atoms with Crippen molar-refractivity contribution in [3.63, 3.8) is 0 Å². The molecule has 0 aliphatic rings. The van der Waals surface area contributed by atoms with Crippen LogP contribution >= 0.6 is 22.9 Å². The second-order valence-corrected chi connectivity index (χ2v) is 6.67. The van der Waals surface area contributed by atoms with Gasteiger partial charge in [-0.15, -0.1) is 11.3 Å². The van der Waals surface area contributed by atoms with Crippen molar-refractivity contribution in [2.75, 3.05) is 6.54 Å². The van der Waals surface area contributed by atoms with Gasteiger partial charge in [-0.3, -0.25) is 0 Å². The van der Waals surface area contributed by atoms with Crippen LogP contribution in [-0.2, 0) is 5.54 Å². The number of aryl methyl sites for hydroxylation is 1. The third kappa shape index (κ3) is 3.79. The molecule has 0 bridgehead atoms. The molecule has 0 fully saturated rings. The topological polar surface area (TPSA) is 45.1 Å². The minimum Gasteiger partial charge on any atom is -0.387 e. The maximum Gasteiger partial charge on any atom is 0.112 e. The molecular formula is C15H19ClN2OS. The maximum absolute atomic E-state index is 10.2. The lowest BCUT2D eigenvalue weighted by molar-refractivity contribution is 0.161. The monoisotopic (exact) mass is 310 g/mol. The van der Waals surface area contributed by atoms with Crippen molar-refractivity contribution < 1.29 is 5.11 Å². The summed E-state index contributed by atoms with van der Waals surface area (Å²) in [4.78, 5) is 4.50. The second-order valence-electron chi connectivity index (χ2n) is 5.37. The minimum absolute atomic E-state index is 0.265. The van der Waals surface area contributed by atoms with Crippen LogP contribution in [-0.4, -0.2) is 16.6 Å². The molecule has 0 saturated heterocycles. The molecule has 1 atom stereocenters. The number of benzene rings is 1. The van der Waals surface area contributed by atoms with Gasteiger partial charge in [-0.05, 0) is 38.5 Å². The standard InChI is InChI=1S/C15H19ClN2OS/c1-10-9-20-14(18-10)15(2,3)17-8-13(19)11-5-4-6-12(16)7-11/h4-7,9,13,17,19H,8H2,1-3H3. The fourth-order valence-electron chi connectivity index (χ4n) is 1.90. The van der Waals surface area contributed by atoms with Crippen LogP contribution in [0.5, 0.6) is 0 Å². The lowest BCUT2D eigenvalue weighted by Gasteiger charge is -2.25. The van der Waals surface area contributed by atoms with Crippen molar-refractivity contribution in [2.45, 2.75) is 32.4 Å². The van der Waals surface area contributed by atoms with Gasteiger partial charge in [0.05, 0.1) is 11.6 Å². The molecule has 3 nitrogen and oxygen atoms in total. The van der Waals surface area contributed by atoms with Gasteiger partial charge < -0.3 is 10.4 Å². The van der Waals surface area contributed by atoms with E-state index < -0.39 is 6.10 Å². The number of nitrogens with zero attached hydrogens (tertiary/aromatic N) is 1. The first kappa shape index (κ1) is 15.4. The lowest BCUT2D eigenvalue weighted by Crippen LogP contribution is -2.39. The van der Waals surface area contributed by atoms with Gasteiger partial charge in [0.1, 0.15) is 5.01 Å². The van der Waals surface area contributed by atoms with Gasteiger partial charge in [-0.25, -0.2) is 4.98 Å². The highest BCUT2D eigenvalue weighted by molar-refractivity contribution is 7.09. The van der Waals surface area contributed by atoms with Crippen molar-refractivity contribution in [3.05, 3.63) is 50.9 Å². The van der Waals surface area contributed by atoms with Crippen LogP contribution in [0, 0.1) is 6.92 Å². The van der Waals surface area contributed by atoms with E-state index in [4.69, 9.17) is 11.6 Å². The molecule has 108 valence electrons. The Balaban J connectivity index is 2.01. The van der Waals surface area contributed by atoms with Crippen LogP contribution in [0.15, 0.2) is 29.6 Å². The number of rotatable bonds is 5. The number of halogens is 1. The van der Waals surface area contributed by atoms with Crippen LogP contribution < -0.4 is 5.32 Å². The van der Waals surface area contributed by atoms with E-state index >= 15 is 0 Å². The SMILES string of the molecule is Cc1csc(C(C)(C)NCC(O)c2cccc(Cl)c2)n1. The summed E-state index contributed by atoms with van der Waals surface area (Å²) in [6, 6.07) is 7.30. The Morgan fingerprint density at radius 3 is 2.80 bits per heavy atom. The largest absolute Gasteiger partial charge is 0.387 e. The predicted octanol–water partition coefficient (Wildman–Crippen LogP) is 3.66. The van der Waals surface area contributed by atoms with Crippen molar-refractivity contribution in [3.8, 4) is 0 Å². The number of hydrogen-bond acceptors (Lipinski definition) is 4. The molecule has 0 aliphatic carbocycles. The van der Waals surface area contributed by atoms with Gasteiger partial charge in [-0.2, -0.15) is 0 Å². The Kier molecular flexibility index (Phi) is 4.81. The summed E-state index contributed by atoms with van der Waals surface area (Å²) in [5.41, 5.74) is 1.57. The summed E-state index contributed by atoms with van der Waals surface area (Å²) in [6.45, 7) is 6.56. The van der Waals surface area contributed by atoms with E-state index in [1.807, 2.05) is 24.4 Å². The van der Waals surface area contributed by atoms with Crippen LogP contribution in [0.3, 0.4) is 0 Å². The summed E-state index contributed by atoms with van der Waals surface area (Å²) in [5.74, 6) is 0. The molecule has 2 N–H and O–H groups in total. The molecule has 2 rings (SSSR count). The molecule has 2 aromatic rings. The number of hydrogen-bond donors (Lipinski definition) is 2. The lowest BCUT2D eigenvalue weighted by atomic mass is 10.0. The van der Waals surface area contributed by atoms with Crippen LogP contribution in [0.25, 0.3) is 0 Å². The van der Waals surface area contributed by atoms with Crippen molar-refractivity contribution in [1.82, 2.24) is 10.3 Å². The first-order valence-electron chi connectivity index (χ1n) is 6.49. The van der Waals surface area contributed by atoms with E-state index in [1.54, 1.807) is 23.5 Å². The van der Waals surface area contributed by atoms with E-state index in [9.17, 15) is 5.11 Å². The van der Waals surface area contributed by atoms with Gasteiger partial charge in [0, 0.05) is 22.6 Å². The van der Waals surface area contributed by atoms with Gasteiger partial charge >= 0.3 is 0 Å². The van der Waals surface area contributed by atoms with Crippen molar-refractivity contribution >= 4 is 22.9 Å². The fourth-order valence-corrected chi connectivity index (χ4v) is 3.00. The number of nitrogens with one attached hydrogen (secondary N) is 1. The number of aromatic nitrogens is 1. The predicted molar refractivity (Wildman–Crippen MR) is 84.3 cm³/mol. The molecule has 1 aromatic carbocycles. The van der Waals surface area contributed by atoms with Crippen molar-refractivity contribution in [1.29, 1.82) is 0 Å². The van der Waals surface area contributed by atoms with Gasteiger partial charge in [0.2, 0.25) is 0 Å². The van der Waals surface area contributed by atoms with Crippen LogP contribution in [0.2, 0.25) is 5.02 Å². The van der Waals surface area contributed by atoms with Gasteiger partial charge in [0.15, 0.2) is 0 Å². The van der Waals surface area contributed by atoms with Crippen molar-refractivity contribution in [2.24, 2.45) is 0 Å². The minimum atomic E-state index is -0.589.